The Balaban J connectivity index is 2.24. The van der Waals surface area contributed by atoms with Crippen LogP contribution in [-0.4, -0.2) is 17.0 Å². The van der Waals surface area contributed by atoms with Crippen LogP contribution in [0.5, 0.6) is 11.8 Å². The fraction of sp³-hybridized carbons (Fsp3) is 0.333. The van der Waals surface area contributed by atoms with Gasteiger partial charge in [0.05, 0.1) is 0 Å². The Morgan fingerprint density at radius 1 is 1.05 bits per heavy atom. The van der Waals surface area contributed by atoms with Crippen molar-refractivity contribution in [2.24, 2.45) is 0 Å². The summed E-state index contributed by atoms with van der Waals surface area (Å²) in [5.41, 5.74) is 4.45. The van der Waals surface area contributed by atoms with E-state index in [1.54, 1.807) is 12.4 Å². The molecule has 0 atom stereocenters. The first-order valence-corrected chi connectivity index (χ1v) is 6.32. The van der Waals surface area contributed by atoms with Crippen LogP contribution in [0.25, 0.3) is 0 Å². The van der Waals surface area contributed by atoms with Gasteiger partial charge in [0.1, 0.15) is 5.75 Å². The molecule has 0 amide bonds. The van der Waals surface area contributed by atoms with Crippen molar-refractivity contribution in [1.82, 2.24) is 15.3 Å². The SMILES string of the molecule is CNCc1cnc(Oc2c(C)ccc(C)c2C)nc1. The molecular weight excluding hydrogens is 238 g/mol. The van der Waals surface area contributed by atoms with E-state index in [-0.39, 0.29) is 0 Å². The van der Waals surface area contributed by atoms with Crippen molar-refractivity contribution in [2.75, 3.05) is 7.05 Å². The summed E-state index contributed by atoms with van der Waals surface area (Å²) in [4.78, 5) is 8.46. The highest BCUT2D eigenvalue weighted by molar-refractivity contribution is 5.45. The van der Waals surface area contributed by atoms with Crippen molar-refractivity contribution >= 4 is 0 Å². The van der Waals surface area contributed by atoms with Crippen molar-refractivity contribution in [3.63, 3.8) is 0 Å². The number of aryl methyl sites for hydroxylation is 2. The molecule has 0 saturated carbocycles. The summed E-state index contributed by atoms with van der Waals surface area (Å²) in [7, 11) is 1.89. The second kappa shape index (κ2) is 5.80. The topological polar surface area (TPSA) is 47.0 Å². The zero-order chi connectivity index (χ0) is 13.8. The van der Waals surface area contributed by atoms with Crippen molar-refractivity contribution in [3.8, 4) is 11.8 Å². The van der Waals surface area contributed by atoms with E-state index in [4.69, 9.17) is 4.74 Å². The molecule has 0 aliphatic heterocycles. The van der Waals surface area contributed by atoms with E-state index >= 15 is 0 Å². The summed E-state index contributed by atoms with van der Waals surface area (Å²) < 4.78 is 5.81. The van der Waals surface area contributed by atoms with Gasteiger partial charge < -0.3 is 10.1 Å². The van der Waals surface area contributed by atoms with E-state index in [0.29, 0.717) is 6.01 Å². The largest absolute Gasteiger partial charge is 0.424 e. The maximum Gasteiger partial charge on any atom is 0.321 e. The number of ether oxygens (including phenoxy) is 1. The van der Waals surface area contributed by atoms with Gasteiger partial charge in [-0.1, -0.05) is 12.1 Å². The van der Waals surface area contributed by atoms with Crippen LogP contribution in [0.3, 0.4) is 0 Å². The summed E-state index contributed by atoms with van der Waals surface area (Å²) >= 11 is 0. The van der Waals surface area contributed by atoms with Gasteiger partial charge >= 0.3 is 6.01 Å². The smallest absolute Gasteiger partial charge is 0.321 e. The fourth-order valence-corrected chi connectivity index (χ4v) is 1.86. The first-order valence-electron chi connectivity index (χ1n) is 6.32. The summed E-state index contributed by atoms with van der Waals surface area (Å²) in [6.45, 7) is 6.89. The minimum atomic E-state index is 0.386. The van der Waals surface area contributed by atoms with Gasteiger partial charge in [-0.25, -0.2) is 9.97 Å². The Labute approximate surface area is 113 Å². The van der Waals surface area contributed by atoms with E-state index in [9.17, 15) is 0 Å². The van der Waals surface area contributed by atoms with Gasteiger partial charge in [0.15, 0.2) is 0 Å². The number of rotatable bonds is 4. The van der Waals surface area contributed by atoms with Gasteiger partial charge in [-0.15, -0.1) is 0 Å². The average molecular weight is 257 g/mol. The number of nitrogens with one attached hydrogen (secondary N) is 1. The summed E-state index contributed by atoms with van der Waals surface area (Å²) in [6, 6.07) is 4.53. The molecule has 2 aromatic rings. The highest BCUT2D eigenvalue weighted by atomic mass is 16.5. The molecule has 0 aliphatic rings. The lowest BCUT2D eigenvalue weighted by molar-refractivity contribution is 0.434. The summed E-state index contributed by atoms with van der Waals surface area (Å²) in [5, 5.41) is 3.06. The van der Waals surface area contributed by atoms with E-state index in [2.05, 4.69) is 28.3 Å². The van der Waals surface area contributed by atoms with Gasteiger partial charge in [0, 0.05) is 24.5 Å². The average Bonchev–Trinajstić information content (AvgIpc) is 2.41. The van der Waals surface area contributed by atoms with Gasteiger partial charge in [0.2, 0.25) is 0 Å². The quantitative estimate of drug-likeness (QED) is 0.914. The number of aromatic nitrogens is 2. The minimum absolute atomic E-state index is 0.386. The zero-order valence-corrected chi connectivity index (χ0v) is 11.8. The Morgan fingerprint density at radius 2 is 1.68 bits per heavy atom. The van der Waals surface area contributed by atoms with E-state index in [0.717, 1.165) is 29.0 Å². The molecule has 4 heteroatoms. The number of hydrogen-bond donors (Lipinski definition) is 1. The van der Waals surface area contributed by atoms with Crippen LogP contribution in [0.4, 0.5) is 0 Å². The minimum Gasteiger partial charge on any atom is -0.424 e. The Bertz CT molecular complexity index is 564. The maximum atomic E-state index is 5.81. The fourth-order valence-electron chi connectivity index (χ4n) is 1.86. The second-order valence-electron chi connectivity index (χ2n) is 4.66. The van der Waals surface area contributed by atoms with Crippen LogP contribution < -0.4 is 10.1 Å². The molecule has 1 heterocycles. The van der Waals surface area contributed by atoms with Crippen LogP contribution in [-0.2, 0) is 6.54 Å². The highest BCUT2D eigenvalue weighted by Gasteiger charge is 2.09. The Morgan fingerprint density at radius 3 is 2.32 bits per heavy atom. The predicted molar refractivity (Wildman–Crippen MR) is 75.5 cm³/mol. The number of benzene rings is 1. The van der Waals surface area contributed by atoms with Crippen LogP contribution in [0, 0.1) is 20.8 Å². The molecule has 0 spiro atoms. The standard InChI is InChI=1S/C15H19N3O/c1-10-5-6-11(2)14(12(10)3)19-15-17-8-13(7-16-4)9-18-15/h5-6,8-9,16H,7H2,1-4H3. The molecule has 0 unspecified atom stereocenters. The third kappa shape index (κ3) is 3.09. The monoisotopic (exact) mass is 257 g/mol. The van der Waals surface area contributed by atoms with E-state index < -0.39 is 0 Å². The molecule has 0 saturated heterocycles. The van der Waals surface area contributed by atoms with Crippen LogP contribution in [0.15, 0.2) is 24.5 Å². The first kappa shape index (κ1) is 13.5. The lowest BCUT2D eigenvalue weighted by atomic mass is 10.1. The third-order valence-electron chi connectivity index (χ3n) is 3.13. The molecule has 0 aliphatic carbocycles. The highest BCUT2D eigenvalue weighted by Crippen LogP contribution is 2.28. The zero-order valence-electron chi connectivity index (χ0n) is 11.8. The molecule has 100 valence electrons. The predicted octanol–water partition coefficient (Wildman–Crippen LogP) is 2.91. The van der Waals surface area contributed by atoms with Crippen molar-refractivity contribution in [1.29, 1.82) is 0 Å². The second-order valence-corrected chi connectivity index (χ2v) is 4.66. The molecule has 0 bridgehead atoms. The lowest BCUT2D eigenvalue weighted by Crippen LogP contribution is -2.06. The van der Waals surface area contributed by atoms with E-state index in [1.807, 2.05) is 27.0 Å². The summed E-state index contributed by atoms with van der Waals surface area (Å²) in [6.07, 6.45) is 3.55. The number of hydrogen-bond acceptors (Lipinski definition) is 4. The van der Waals surface area contributed by atoms with Crippen molar-refractivity contribution in [3.05, 3.63) is 46.8 Å². The molecule has 0 radical (unpaired) electrons. The van der Waals surface area contributed by atoms with Crippen LogP contribution in [0.2, 0.25) is 0 Å². The third-order valence-corrected chi connectivity index (χ3v) is 3.13. The van der Waals surface area contributed by atoms with Gasteiger partial charge in [-0.05, 0) is 44.5 Å². The number of nitrogens with zero attached hydrogens (tertiary/aromatic N) is 2. The molecule has 1 aromatic carbocycles. The van der Waals surface area contributed by atoms with Gasteiger partial charge in [0.25, 0.3) is 0 Å². The van der Waals surface area contributed by atoms with Crippen molar-refractivity contribution < 1.29 is 4.74 Å². The van der Waals surface area contributed by atoms with Crippen LogP contribution >= 0.6 is 0 Å². The molecule has 2 rings (SSSR count). The summed E-state index contributed by atoms with van der Waals surface area (Å²) in [5.74, 6) is 0.848. The Hall–Kier alpha value is -1.94. The van der Waals surface area contributed by atoms with Crippen LogP contribution in [0.1, 0.15) is 22.3 Å². The lowest BCUT2D eigenvalue weighted by Gasteiger charge is -2.12. The molecule has 0 fully saturated rings. The molecule has 4 nitrogen and oxygen atoms in total. The molecule has 19 heavy (non-hydrogen) atoms. The molecule has 1 aromatic heterocycles. The normalized spacial score (nSPS) is 10.5. The molecule has 1 N–H and O–H groups in total. The Kier molecular flexibility index (Phi) is 4.12. The van der Waals surface area contributed by atoms with Crippen molar-refractivity contribution in [2.45, 2.75) is 27.3 Å². The maximum absolute atomic E-state index is 5.81. The van der Waals surface area contributed by atoms with Gasteiger partial charge in [-0.2, -0.15) is 0 Å². The first-order chi connectivity index (χ1) is 9.11. The molecular formula is C15H19N3O. The van der Waals surface area contributed by atoms with Gasteiger partial charge in [-0.3, -0.25) is 0 Å². The van der Waals surface area contributed by atoms with E-state index in [1.165, 1.54) is 5.56 Å².